The Bertz CT molecular complexity index is 477. The van der Waals surface area contributed by atoms with Crippen molar-refractivity contribution >= 4 is 17.4 Å². The Morgan fingerprint density at radius 1 is 1.26 bits per heavy atom. The summed E-state index contributed by atoms with van der Waals surface area (Å²) in [6, 6.07) is 7.47. The maximum Gasteiger partial charge on any atom is 0.230 e. The van der Waals surface area contributed by atoms with Gasteiger partial charge in [-0.15, -0.1) is 0 Å². The standard InChI is InChI=1S/C16H21NO2/c1-3-12(4-2)16(19)17-11-7-10-15(18)13-8-5-6-9-14(13)17/h5-6,8-9,12H,3-4,7,10-11H2,1-2H3. The third-order valence-corrected chi connectivity index (χ3v) is 3.88. The van der Waals surface area contributed by atoms with Crippen LogP contribution in [-0.4, -0.2) is 18.2 Å². The Morgan fingerprint density at radius 2 is 1.95 bits per heavy atom. The van der Waals surface area contributed by atoms with Crippen LogP contribution in [0.4, 0.5) is 5.69 Å². The SMILES string of the molecule is CCC(CC)C(=O)N1CCCC(=O)c2ccccc21. The molecule has 1 aliphatic rings. The number of benzene rings is 1. The van der Waals surface area contributed by atoms with Gasteiger partial charge in [-0.25, -0.2) is 0 Å². The van der Waals surface area contributed by atoms with E-state index in [0.29, 0.717) is 18.5 Å². The summed E-state index contributed by atoms with van der Waals surface area (Å²) in [6.07, 6.45) is 2.98. The highest BCUT2D eigenvalue weighted by atomic mass is 16.2. The number of amides is 1. The van der Waals surface area contributed by atoms with Gasteiger partial charge in [-0.05, 0) is 31.4 Å². The van der Waals surface area contributed by atoms with Crippen molar-refractivity contribution in [3.63, 3.8) is 0 Å². The second-order valence-electron chi connectivity index (χ2n) is 5.05. The molecule has 1 heterocycles. The van der Waals surface area contributed by atoms with Gasteiger partial charge >= 0.3 is 0 Å². The number of para-hydroxylation sites is 1. The van der Waals surface area contributed by atoms with Crippen LogP contribution in [0, 0.1) is 5.92 Å². The molecular weight excluding hydrogens is 238 g/mol. The van der Waals surface area contributed by atoms with Crippen LogP contribution in [0.2, 0.25) is 0 Å². The lowest BCUT2D eigenvalue weighted by Gasteiger charge is -2.26. The summed E-state index contributed by atoms with van der Waals surface area (Å²) in [7, 11) is 0. The van der Waals surface area contributed by atoms with E-state index < -0.39 is 0 Å². The maximum atomic E-state index is 12.6. The highest BCUT2D eigenvalue weighted by molar-refractivity contribution is 6.07. The van der Waals surface area contributed by atoms with Crippen molar-refractivity contribution < 1.29 is 9.59 Å². The molecule has 102 valence electrons. The second kappa shape index (κ2) is 6.00. The zero-order chi connectivity index (χ0) is 13.8. The highest BCUT2D eigenvalue weighted by Gasteiger charge is 2.27. The first kappa shape index (κ1) is 13.8. The van der Waals surface area contributed by atoms with Gasteiger partial charge in [-0.2, -0.15) is 0 Å². The van der Waals surface area contributed by atoms with E-state index >= 15 is 0 Å². The molecular formula is C16H21NO2. The molecule has 1 aromatic carbocycles. The summed E-state index contributed by atoms with van der Waals surface area (Å²) in [4.78, 5) is 26.5. The van der Waals surface area contributed by atoms with Crippen molar-refractivity contribution in [1.82, 2.24) is 0 Å². The number of Topliss-reactive ketones (excluding diaryl/α,β-unsaturated/α-hetero) is 1. The Kier molecular flexibility index (Phi) is 4.35. The first-order chi connectivity index (χ1) is 9.19. The van der Waals surface area contributed by atoms with Crippen molar-refractivity contribution in [2.24, 2.45) is 5.92 Å². The Labute approximate surface area is 114 Å². The van der Waals surface area contributed by atoms with E-state index in [9.17, 15) is 9.59 Å². The van der Waals surface area contributed by atoms with Gasteiger partial charge in [-0.3, -0.25) is 9.59 Å². The fraction of sp³-hybridized carbons (Fsp3) is 0.500. The molecule has 0 fully saturated rings. The Morgan fingerprint density at radius 3 is 2.63 bits per heavy atom. The number of hydrogen-bond acceptors (Lipinski definition) is 2. The molecule has 0 unspecified atom stereocenters. The molecule has 2 rings (SSSR count). The predicted molar refractivity (Wildman–Crippen MR) is 76.4 cm³/mol. The molecule has 1 aliphatic heterocycles. The number of fused-ring (bicyclic) bond motifs is 1. The minimum atomic E-state index is 0.0567. The number of anilines is 1. The zero-order valence-electron chi connectivity index (χ0n) is 11.7. The molecule has 0 radical (unpaired) electrons. The van der Waals surface area contributed by atoms with Gasteiger partial charge in [0.2, 0.25) is 5.91 Å². The molecule has 0 N–H and O–H groups in total. The quantitative estimate of drug-likeness (QED) is 0.834. The molecule has 0 bridgehead atoms. The van der Waals surface area contributed by atoms with E-state index in [4.69, 9.17) is 0 Å². The maximum absolute atomic E-state index is 12.6. The molecule has 19 heavy (non-hydrogen) atoms. The molecule has 0 saturated heterocycles. The van der Waals surface area contributed by atoms with Crippen LogP contribution in [0.15, 0.2) is 24.3 Å². The lowest BCUT2D eigenvalue weighted by molar-refractivity contribution is -0.122. The minimum Gasteiger partial charge on any atom is -0.311 e. The number of nitrogens with zero attached hydrogens (tertiary/aromatic N) is 1. The van der Waals surface area contributed by atoms with Gasteiger partial charge in [0, 0.05) is 24.4 Å². The number of carbonyl (C=O) groups is 2. The lowest BCUT2D eigenvalue weighted by Crippen LogP contribution is -2.36. The number of hydrogen-bond donors (Lipinski definition) is 0. The summed E-state index contributed by atoms with van der Waals surface area (Å²) in [5.41, 5.74) is 1.49. The Balaban J connectivity index is 2.38. The highest BCUT2D eigenvalue weighted by Crippen LogP contribution is 2.28. The van der Waals surface area contributed by atoms with E-state index in [0.717, 1.165) is 24.9 Å². The lowest BCUT2D eigenvalue weighted by atomic mass is 10.0. The molecule has 0 spiro atoms. The zero-order valence-corrected chi connectivity index (χ0v) is 11.7. The van der Waals surface area contributed by atoms with E-state index in [1.54, 1.807) is 0 Å². The van der Waals surface area contributed by atoms with Gasteiger partial charge < -0.3 is 4.90 Å². The van der Waals surface area contributed by atoms with Crippen molar-refractivity contribution in [2.75, 3.05) is 11.4 Å². The van der Waals surface area contributed by atoms with E-state index in [2.05, 4.69) is 0 Å². The largest absolute Gasteiger partial charge is 0.311 e. The van der Waals surface area contributed by atoms with Crippen molar-refractivity contribution in [1.29, 1.82) is 0 Å². The van der Waals surface area contributed by atoms with Crippen molar-refractivity contribution in [2.45, 2.75) is 39.5 Å². The number of carbonyl (C=O) groups excluding carboxylic acids is 2. The Hall–Kier alpha value is -1.64. The third-order valence-electron chi connectivity index (χ3n) is 3.88. The van der Waals surface area contributed by atoms with Crippen LogP contribution in [0.5, 0.6) is 0 Å². The van der Waals surface area contributed by atoms with E-state index in [1.807, 2.05) is 43.0 Å². The molecule has 3 heteroatoms. The van der Waals surface area contributed by atoms with Crippen LogP contribution in [0.3, 0.4) is 0 Å². The topological polar surface area (TPSA) is 37.4 Å². The first-order valence-electron chi connectivity index (χ1n) is 7.12. The summed E-state index contributed by atoms with van der Waals surface area (Å²) in [6.45, 7) is 4.74. The van der Waals surface area contributed by atoms with Crippen LogP contribution >= 0.6 is 0 Å². The molecule has 0 saturated carbocycles. The van der Waals surface area contributed by atoms with E-state index in [1.165, 1.54) is 0 Å². The fourth-order valence-electron chi connectivity index (χ4n) is 2.68. The van der Waals surface area contributed by atoms with Crippen molar-refractivity contribution in [3.05, 3.63) is 29.8 Å². The molecule has 3 nitrogen and oxygen atoms in total. The third kappa shape index (κ3) is 2.70. The normalized spacial score (nSPS) is 15.3. The van der Waals surface area contributed by atoms with Crippen LogP contribution in [0.25, 0.3) is 0 Å². The summed E-state index contributed by atoms with van der Waals surface area (Å²) in [5.74, 6) is 0.365. The van der Waals surface area contributed by atoms with E-state index in [-0.39, 0.29) is 17.6 Å². The van der Waals surface area contributed by atoms with Gasteiger partial charge in [0.15, 0.2) is 5.78 Å². The summed E-state index contributed by atoms with van der Waals surface area (Å²) in [5, 5.41) is 0. The minimum absolute atomic E-state index is 0.0567. The number of rotatable bonds is 3. The average Bonchev–Trinajstić information content (AvgIpc) is 2.60. The van der Waals surface area contributed by atoms with Crippen molar-refractivity contribution in [3.8, 4) is 0 Å². The average molecular weight is 259 g/mol. The molecule has 0 atom stereocenters. The van der Waals surface area contributed by atoms with Crippen LogP contribution in [-0.2, 0) is 4.79 Å². The van der Waals surface area contributed by atoms with Gasteiger partial charge in [0.05, 0.1) is 5.69 Å². The predicted octanol–water partition coefficient (Wildman–Crippen LogP) is 3.43. The van der Waals surface area contributed by atoms with Gasteiger partial charge in [0.25, 0.3) is 0 Å². The fourth-order valence-corrected chi connectivity index (χ4v) is 2.68. The molecule has 0 aliphatic carbocycles. The second-order valence-corrected chi connectivity index (χ2v) is 5.05. The summed E-state index contributed by atoms with van der Waals surface area (Å²) >= 11 is 0. The van der Waals surface area contributed by atoms with Crippen LogP contribution < -0.4 is 4.90 Å². The van der Waals surface area contributed by atoms with Gasteiger partial charge in [0.1, 0.15) is 0 Å². The summed E-state index contributed by atoms with van der Waals surface area (Å²) < 4.78 is 0. The monoisotopic (exact) mass is 259 g/mol. The molecule has 0 aromatic heterocycles. The smallest absolute Gasteiger partial charge is 0.230 e. The first-order valence-corrected chi connectivity index (χ1v) is 7.12. The van der Waals surface area contributed by atoms with Crippen LogP contribution in [0.1, 0.15) is 49.9 Å². The molecule has 1 aromatic rings. The van der Waals surface area contributed by atoms with Gasteiger partial charge in [-0.1, -0.05) is 26.0 Å². The molecule has 1 amide bonds. The number of ketones is 1.